The molecular weight excluding hydrogens is 148 g/mol. The van der Waals surface area contributed by atoms with Crippen LogP contribution in [0.3, 0.4) is 0 Å². The van der Waals surface area contributed by atoms with Crippen molar-refractivity contribution in [1.82, 2.24) is 0 Å². The van der Waals surface area contributed by atoms with E-state index in [0.29, 0.717) is 0 Å². The van der Waals surface area contributed by atoms with E-state index in [0.717, 1.165) is 0 Å². The first-order valence-corrected chi connectivity index (χ1v) is 4.10. The van der Waals surface area contributed by atoms with E-state index in [2.05, 4.69) is 26.8 Å². The Morgan fingerprint density at radius 3 is 2.00 bits per heavy atom. The van der Waals surface area contributed by atoms with Crippen molar-refractivity contribution in [2.75, 3.05) is 7.11 Å². The van der Waals surface area contributed by atoms with Crippen molar-refractivity contribution < 1.29 is 4.74 Å². The number of rotatable bonds is 3. The molecule has 0 aliphatic heterocycles. The van der Waals surface area contributed by atoms with Gasteiger partial charge in [-0.15, -0.1) is 0 Å². The molecule has 0 fully saturated rings. The zero-order valence-corrected chi connectivity index (χ0v) is 8.37. The molecular formula is C11H18O. The molecule has 0 rings (SSSR count). The third-order valence-corrected chi connectivity index (χ3v) is 1.14. The lowest BCUT2D eigenvalue weighted by Crippen LogP contribution is -1.97. The van der Waals surface area contributed by atoms with Crippen molar-refractivity contribution in [2.24, 2.45) is 5.41 Å². The SMILES string of the molecule is CO/C=C\C=C\C=CC(C)(C)C. The van der Waals surface area contributed by atoms with Gasteiger partial charge in [0.1, 0.15) is 0 Å². The Labute approximate surface area is 75.4 Å². The van der Waals surface area contributed by atoms with Crippen molar-refractivity contribution in [3.8, 4) is 0 Å². The van der Waals surface area contributed by atoms with Gasteiger partial charge in [0.15, 0.2) is 0 Å². The van der Waals surface area contributed by atoms with Gasteiger partial charge >= 0.3 is 0 Å². The molecule has 1 heteroatoms. The average molecular weight is 166 g/mol. The van der Waals surface area contributed by atoms with Gasteiger partial charge in [-0.2, -0.15) is 0 Å². The fraction of sp³-hybridized carbons (Fsp3) is 0.455. The van der Waals surface area contributed by atoms with E-state index in [4.69, 9.17) is 4.74 Å². The Morgan fingerprint density at radius 2 is 1.50 bits per heavy atom. The van der Waals surface area contributed by atoms with Gasteiger partial charge in [-0.3, -0.25) is 0 Å². The van der Waals surface area contributed by atoms with E-state index < -0.39 is 0 Å². The molecule has 0 aromatic heterocycles. The van der Waals surface area contributed by atoms with Gasteiger partial charge in [-0.25, -0.2) is 0 Å². The van der Waals surface area contributed by atoms with Crippen molar-refractivity contribution in [3.05, 3.63) is 36.6 Å². The van der Waals surface area contributed by atoms with Gasteiger partial charge in [-0.1, -0.05) is 45.1 Å². The van der Waals surface area contributed by atoms with E-state index in [9.17, 15) is 0 Å². The minimum Gasteiger partial charge on any atom is -0.504 e. The minimum atomic E-state index is 0.259. The molecule has 0 atom stereocenters. The molecule has 0 aromatic carbocycles. The predicted molar refractivity (Wildman–Crippen MR) is 53.9 cm³/mol. The van der Waals surface area contributed by atoms with Crippen molar-refractivity contribution in [1.29, 1.82) is 0 Å². The highest BCUT2D eigenvalue weighted by atomic mass is 16.5. The zero-order chi connectivity index (χ0) is 9.45. The van der Waals surface area contributed by atoms with Gasteiger partial charge in [-0.05, 0) is 11.5 Å². The first-order chi connectivity index (χ1) is 5.56. The van der Waals surface area contributed by atoms with Crippen LogP contribution in [0.1, 0.15) is 20.8 Å². The summed E-state index contributed by atoms with van der Waals surface area (Å²) in [6, 6.07) is 0. The maximum atomic E-state index is 4.73. The molecule has 0 spiro atoms. The van der Waals surface area contributed by atoms with E-state index in [1.807, 2.05) is 24.3 Å². The van der Waals surface area contributed by atoms with Crippen LogP contribution in [0.5, 0.6) is 0 Å². The second kappa shape index (κ2) is 5.64. The maximum Gasteiger partial charge on any atom is 0.0824 e. The lowest BCUT2D eigenvalue weighted by atomic mass is 9.96. The summed E-state index contributed by atoms with van der Waals surface area (Å²) in [7, 11) is 1.63. The molecule has 0 bridgehead atoms. The van der Waals surface area contributed by atoms with Crippen LogP contribution in [0.2, 0.25) is 0 Å². The normalized spacial score (nSPS) is 13.7. The number of hydrogen-bond donors (Lipinski definition) is 0. The molecule has 0 radical (unpaired) electrons. The highest BCUT2D eigenvalue weighted by Gasteiger charge is 2.01. The molecule has 0 saturated heterocycles. The monoisotopic (exact) mass is 166 g/mol. The van der Waals surface area contributed by atoms with Gasteiger partial charge in [0.25, 0.3) is 0 Å². The lowest BCUT2D eigenvalue weighted by Gasteiger charge is -2.09. The minimum absolute atomic E-state index is 0.259. The molecule has 1 nitrogen and oxygen atoms in total. The van der Waals surface area contributed by atoms with Crippen LogP contribution in [0, 0.1) is 5.41 Å². The van der Waals surface area contributed by atoms with E-state index >= 15 is 0 Å². The zero-order valence-electron chi connectivity index (χ0n) is 8.37. The average Bonchev–Trinajstić information content (AvgIpc) is 1.94. The summed E-state index contributed by atoms with van der Waals surface area (Å²) in [5, 5.41) is 0. The van der Waals surface area contributed by atoms with E-state index in [1.165, 1.54) is 0 Å². The molecule has 0 aromatic rings. The number of ether oxygens (including phenoxy) is 1. The van der Waals surface area contributed by atoms with Crippen LogP contribution in [0.4, 0.5) is 0 Å². The fourth-order valence-electron chi connectivity index (χ4n) is 0.596. The smallest absolute Gasteiger partial charge is 0.0824 e. The molecule has 12 heavy (non-hydrogen) atoms. The molecule has 0 N–H and O–H groups in total. The Balaban J connectivity index is 3.74. The van der Waals surface area contributed by atoms with Gasteiger partial charge in [0, 0.05) is 0 Å². The quantitative estimate of drug-likeness (QED) is 0.461. The molecule has 0 saturated carbocycles. The van der Waals surface area contributed by atoms with Crippen LogP contribution in [-0.4, -0.2) is 7.11 Å². The van der Waals surface area contributed by atoms with Gasteiger partial charge in [0.2, 0.25) is 0 Å². The fourth-order valence-corrected chi connectivity index (χ4v) is 0.596. The summed E-state index contributed by atoms with van der Waals surface area (Å²) in [5.41, 5.74) is 0.259. The largest absolute Gasteiger partial charge is 0.504 e. The second-order valence-electron chi connectivity index (χ2n) is 3.67. The van der Waals surface area contributed by atoms with Crippen LogP contribution in [-0.2, 0) is 4.74 Å². The lowest BCUT2D eigenvalue weighted by molar-refractivity contribution is 0.338. The first kappa shape index (κ1) is 11.0. The number of methoxy groups -OCH3 is 1. The molecule has 0 aliphatic carbocycles. The Morgan fingerprint density at radius 1 is 0.917 bits per heavy atom. The van der Waals surface area contributed by atoms with Crippen LogP contribution >= 0.6 is 0 Å². The topological polar surface area (TPSA) is 9.23 Å². The third kappa shape index (κ3) is 9.02. The van der Waals surface area contributed by atoms with E-state index in [1.54, 1.807) is 13.4 Å². The molecule has 0 unspecified atom stereocenters. The Bertz CT molecular complexity index is 180. The molecule has 68 valence electrons. The highest BCUT2D eigenvalue weighted by Crippen LogP contribution is 2.14. The third-order valence-electron chi connectivity index (χ3n) is 1.14. The molecule has 0 heterocycles. The standard InChI is InChI=1S/C11H18O/c1-11(2,3)9-7-5-6-8-10-12-4/h5-10H,1-4H3/b6-5+,9-7?,10-8-. The Hall–Kier alpha value is -0.980. The van der Waals surface area contributed by atoms with Crippen LogP contribution < -0.4 is 0 Å². The van der Waals surface area contributed by atoms with Crippen molar-refractivity contribution in [2.45, 2.75) is 20.8 Å². The Kier molecular flexibility index (Phi) is 5.18. The summed E-state index contributed by atoms with van der Waals surface area (Å²) in [6.45, 7) is 6.51. The summed E-state index contributed by atoms with van der Waals surface area (Å²) < 4.78 is 4.73. The number of hydrogen-bond acceptors (Lipinski definition) is 1. The first-order valence-electron chi connectivity index (χ1n) is 4.10. The van der Waals surface area contributed by atoms with Crippen molar-refractivity contribution >= 4 is 0 Å². The van der Waals surface area contributed by atoms with Crippen LogP contribution in [0.25, 0.3) is 0 Å². The molecule has 0 amide bonds. The van der Waals surface area contributed by atoms with Crippen molar-refractivity contribution in [3.63, 3.8) is 0 Å². The summed E-state index contributed by atoms with van der Waals surface area (Å²) in [5.74, 6) is 0. The van der Waals surface area contributed by atoms with E-state index in [-0.39, 0.29) is 5.41 Å². The summed E-state index contributed by atoms with van der Waals surface area (Å²) >= 11 is 0. The molecule has 0 aliphatic rings. The summed E-state index contributed by atoms with van der Waals surface area (Å²) in [6.07, 6.45) is 11.6. The maximum absolute atomic E-state index is 4.73. The summed E-state index contributed by atoms with van der Waals surface area (Å²) in [4.78, 5) is 0. The predicted octanol–water partition coefficient (Wildman–Crippen LogP) is 3.31. The number of allylic oxidation sites excluding steroid dienone is 5. The second-order valence-corrected chi connectivity index (χ2v) is 3.67. The highest BCUT2D eigenvalue weighted by molar-refractivity contribution is 5.11. The van der Waals surface area contributed by atoms with Gasteiger partial charge < -0.3 is 4.74 Å². The van der Waals surface area contributed by atoms with Crippen LogP contribution in [0.15, 0.2) is 36.6 Å². The van der Waals surface area contributed by atoms with Gasteiger partial charge in [0.05, 0.1) is 13.4 Å².